The number of carboxylic acids is 1. The first-order valence-electron chi connectivity index (χ1n) is 4.48. The van der Waals surface area contributed by atoms with Crippen molar-refractivity contribution in [3.63, 3.8) is 0 Å². The van der Waals surface area contributed by atoms with Gasteiger partial charge in [-0.2, -0.15) is 13.2 Å². The van der Waals surface area contributed by atoms with Crippen LogP contribution in [0.3, 0.4) is 0 Å². The molecule has 0 aromatic carbocycles. The van der Waals surface area contributed by atoms with Crippen molar-refractivity contribution in [1.82, 2.24) is 5.32 Å². The molecule has 0 fully saturated rings. The number of aliphatic hydroxyl groups excluding tert-OH is 1. The molecule has 0 spiro atoms. The van der Waals surface area contributed by atoms with Gasteiger partial charge in [-0.05, 0) is 6.92 Å². The van der Waals surface area contributed by atoms with Gasteiger partial charge in [0.25, 0.3) is 0 Å². The summed E-state index contributed by atoms with van der Waals surface area (Å²) in [5.41, 5.74) is 0. The Morgan fingerprint density at radius 3 is 2.29 bits per heavy atom. The predicted octanol–water partition coefficient (Wildman–Crippen LogP) is -0.485. The van der Waals surface area contributed by atoms with E-state index in [2.05, 4.69) is 4.74 Å². The van der Waals surface area contributed by atoms with Crippen LogP contribution in [0.5, 0.6) is 0 Å². The van der Waals surface area contributed by atoms with Crippen LogP contribution in [0.2, 0.25) is 0 Å². The van der Waals surface area contributed by atoms with E-state index < -0.39 is 43.4 Å². The minimum absolute atomic E-state index is 0.935. The number of rotatable bonds is 6. The Kier molecular flexibility index (Phi) is 5.89. The van der Waals surface area contributed by atoms with Gasteiger partial charge in [0.2, 0.25) is 5.91 Å². The molecule has 17 heavy (non-hydrogen) atoms. The molecule has 0 aliphatic heterocycles. The number of amides is 1. The fourth-order valence-corrected chi connectivity index (χ4v) is 0.863. The normalized spacial score (nSPS) is 15.1. The number of carbonyl (C=O) groups excluding carboxylic acids is 1. The Labute approximate surface area is 94.4 Å². The van der Waals surface area contributed by atoms with Gasteiger partial charge >= 0.3 is 12.1 Å². The van der Waals surface area contributed by atoms with Crippen molar-refractivity contribution in [2.75, 3.05) is 13.2 Å². The summed E-state index contributed by atoms with van der Waals surface area (Å²) >= 11 is 0. The second kappa shape index (κ2) is 6.40. The van der Waals surface area contributed by atoms with Crippen molar-refractivity contribution in [1.29, 1.82) is 0 Å². The van der Waals surface area contributed by atoms with Gasteiger partial charge in [0, 0.05) is 0 Å². The molecule has 100 valence electrons. The van der Waals surface area contributed by atoms with E-state index in [9.17, 15) is 22.8 Å². The Balaban J connectivity index is 4.04. The number of alkyl halides is 3. The van der Waals surface area contributed by atoms with Crippen molar-refractivity contribution in [2.45, 2.75) is 25.2 Å². The Hall–Kier alpha value is -1.35. The molecule has 0 aliphatic rings. The first kappa shape index (κ1) is 15.7. The molecule has 0 saturated heterocycles. The summed E-state index contributed by atoms with van der Waals surface area (Å²) < 4.78 is 38.9. The molecule has 3 N–H and O–H groups in total. The maximum atomic E-state index is 11.6. The highest BCUT2D eigenvalue weighted by molar-refractivity contribution is 5.84. The summed E-state index contributed by atoms with van der Waals surface area (Å²) in [4.78, 5) is 21.5. The van der Waals surface area contributed by atoms with E-state index >= 15 is 0 Å². The van der Waals surface area contributed by atoms with E-state index in [1.54, 1.807) is 0 Å². The maximum Gasteiger partial charge on any atom is 0.411 e. The molecule has 0 rings (SSSR count). The number of carboxylic acid groups (broad SMARTS) is 1. The monoisotopic (exact) mass is 259 g/mol. The van der Waals surface area contributed by atoms with E-state index in [0.29, 0.717) is 0 Å². The molecule has 0 aliphatic carbocycles. The third kappa shape index (κ3) is 7.53. The molecule has 0 aromatic rings. The number of carbonyl (C=O) groups is 2. The molecule has 0 saturated carbocycles. The minimum Gasteiger partial charge on any atom is -0.480 e. The minimum atomic E-state index is -4.56. The fraction of sp³-hybridized carbons (Fsp3) is 0.750. The molecule has 0 heterocycles. The summed E-state index contributed by atoms with van der Waals surface area (Å²) in [7, 11) is 0. The summed E-state index contributed by atoms with van der Waals surface area (Å²) in [6.07, 6.45) is -5.93. The second-order valence-corrected chi connectivity index (χ2v) is 3.23. The van der Waals surface area contributed by atoms with E-state index in [4.69, 9.17) is 10.2 Å². The van der Waals surface area contributed by atoms with Crippen molar-refractivity contribution in [3.8, 4) is 0 Å². The van der Waals surface area contributed by atoms with Gasteiger partial charge in [0.05, 0.1) is 6.10 Å². The Morgan fingerprint density at radius 1 is 1.41 bits per heavy atom. The van der Waals surface area contributed by atoms with E-state index in [0.717, 1.165) is 6.92 Å². The molecule has 1 amide bonds. The lowest BCUT2D eigenvalue weighted by Gasteiger charge is -2.17. The van der Waals surface area contributed by atoms with Gasteiger partial charge in [-0.15, -0.1) is 0 Å². The summed E-state index contributed by atoms with van der Waals surface area (Å²) in [6.45, 7) is -1.42. The smallest absolute Gasteiger partial charge is 0.411 e. The summed E-state index contributed by atoms with van der Waals surface area (Å²) in [6, 6.07) is -1.59. The quantitative estimate of drug-likeness (QED) is 0.598. The average Bonchev–Trinajstić information content (AvgIpc) is 2.10. The summed E-state index contributed by atoms with van der Waals surface area (Å²) in [5, 5.41) is 19.3. The number of aliphatic carboxylic acids is 1. The Morgan fingerprint density at radius 2 is 1.94 bits per heavy atom. The molecule has 2 atom stereocenters. The van der Waals surface area contributed by atoms with Crippen LogP contribution in [0.25, 0.3) is 0 Å². The average molecular weight is 259 g/mol. The molecule has 0 aromatic heterocycles. The highest BCUT2D eigenvalue weighted by Gasteiger charge is 2.29. The van der Waals surface area contributed by atoms with E-state index in [1.807, 2.05) is 5.32 Å². The van der Waals surface area contributed by atoms with Crippen molar-refractivity contribution >= 4 is 11.9 Å². The topological polar surface area (TPSA) is 95.9 Å². The molecule has 9 heteroatoms. The number of aliphatic hydroxyl groups is 1. The summed E-state index contributed by atoms with van der Waals surface area (Å²) in [5.74, 6) is -2.55. The highest BCUT2D eigenvalue weighted by Crippen LogP contribution is 2.14. The van der Waals surface area contributed by atoms with Crippen LogP contribution in [-0.2, 0) is 14.3 Å². The predicted molar refractivity (Wildman–Crippen MR) is 48.1 cm³/mol. The van der Waals surface area contributed by atoms with Crippen LogP contribution in [-0.4, -0.2) is 53.6 Å². The lowest BCUT2D eigenvalue weighted by atomic mass is 10.2. The molecular formula is C8H12F3NO5. The zero-order valence-electron chi connectivity index (χ0n) is 8.82. The molecule has 0 radical (unpaired) electrons. The number of ether oxygens (including phenoxy) is 1. The second-order valence-electron chi connectivity index (χ2n) is 3.23. The first-order chi connectivity index (χ1) is 7.63. The van der Waals surface area contributed by atoms with Crippen LogP contribution in [0.15, 0.2) is 0 Å². The fourth-order valence-electron chi connectivity index (χ4n) is 0.863. The SMILES string of the molecule is C[C@@H](O)[C@H](NC(=O)COCC(F)(F)F)C(=O)O. The number of hydrogen-bond acceptors (Lipinski definition) is 4. The highest BCUT2D eigenvalue weighted by atomic mass is 19.4. The maximum absolute atomic E-state index is 11.6. The molecule has 0 unspecified atom stereocenters. The van der Waals surface area contributed by atoms with Crippen LogP contribution in [0, 0.1) is 0 Å². The van der Waals surface area contributed by atoms with Gasteiger partial charge in [0.15, 0.2) is 6.04 Å². The van der Waals surface area contributed by atoms with Crippen molar-refractivity contribution < 1.29 is 37.7 Å². The third-order valence-electron chi connectivity index (χ3n) is 1.56. The zero-order valence-corrected chi connectivity index (χ0v) is 8.82. The van der Waals surface area contributed by atoms with Crippen molar-refractivity contribution in [3.05, 3.63) is 0 Å². The van der Waals surface area contributed by atoms with Crippen LogP contribution < -0.4 is 5.32 Å². The van der Waals surface area contributed by atoms with E-state index in [1.165, 1.54) is 0 Å². The van der Waals surface area contributed by atoms with Crippen LogP contribution >= 0.6 is 0 Å². The Bertz CT molecular complexity index is 279. The molecule has 6 nitrogen and oxygen atoms in total. The lowest BCUT2D eigenvalue weighted by Crippen LogP contribution is -2.48. The van der Waals surface area contributed by atoms with Crippen LogP contribution in [0.4, 0.5) is 13.2 Å². The third-order valence-corrected chi connectivity index (χ3v) is 1.56. The van der Waals surface area contributed by atoms with Crippen LogP contribution in [0.1, 0.15) is 6.92 Å². The largest absolute Gasteiger partial charge is 0.480 e. The molecule has 0 bridgehead atoms. The molecular weight excluding hydrogens is 247 g/mol. The standard InChI is InChI=1S/C8H12F3NO5/c1-4(13)6(7(15)16)12-5(14)2-17-3-8(9,10)11/h4,6,13H,2-3H2,1H3,(H,12,14)(H,15,16)/t4-,6+/m1/s1. The number of nitrogens with one attached hydrogen (secondary N) is 1. The van der Waals surface area contributed by atoms with Gasteiger partial charge < -0.3 is 20.3 Å². The first-order valence-corrected chi connectivity index (χ1v) is 4.48. The van der Waals surface area contributed by atoms with E-state index in [-0.39, 0.29) is 0 Å². The lowest BCUT2D eigenvalue weighted by molar-refractivity contribution is -0.176. The van der Waals surface area contributed by atoms with Crippen molar-refractivity contribution in [2.24, 2.45) is 0 Å². The van der Waals surface area contributed by atoms with Gasteiger partial charge in [-0.3, -0.25) is 4.79 Å². The van der Waals surface area contributed by atoms with Gasteiger partial charge in [-0.25, -0.2) is 4.79 Å². The number of hydrogen-bond donors (Lipinski definition) is 3. The zero-order chi connectivity index (χ0) is 13.6. The van der Waals surface area contributed by atoms with Gasteiger partial charge in [-0.1, -0.05) is 0 Å². The van der Waals surface area contributed by atoms with Gasteiger partial charge in [0.1, 0.15) is 13.2 Å². The number of halogens is 3.